The third kappa shape index (κ3) is 217. The Morgan fingerprint density at radius 2 is 1.20 bits per heavy atom. The first kappa shape index (κ1) is 16.8. The fourth-order valence-electron chi connectivity index (χ4n) is 0. The Bertz CT molecular complexity index is 124. The largest absolute Gasteiger partial charge is 0.394 e. The van der Waals surface area contributed by atoms with Crippen molar-refractivity contribution in [3.05, 3.63) is 0 Å². The summed E-state index contributed by atoms with van der Waals surface area (Å²) < 4.78 is 31.6. The molecule has 10 heavy (non-hydrogen) atoms. The molecule has 0 aliphatic rings. The number of hydrogen-bond acceptors (Lipinski definition) is 4. The monoisotopic (exact) mass is 353 g/mol. The van der Waals surface area contributed by atoms with Gasteiger partial charge >= 0.3 is 10.4 Å². The van der Waals surface area contributed by atoms with E-state index >= 15 is 0 Å². The molecule has 0 saturated carbocycles. The van der Waals surface area contributed by atoms with Gasteiger partial charge in [0.05, 0.1) is 0 Å². The van der Waals surface area contributed by atoms with Gasteiger partial charge in [0.15, 0.2) is 0 Å². The molecular formula is C2H10N2O4PtS. The van der Waals surface area contributed by atoms with Crippen LogP contribution in [-0.2, 0) is 31.5 Å². The van der Waals surface area contributed by atoms with Crippen LogP contribution in [0, 0.1) is 0 Å². The summed E-state index contributed by atoms with van der Waals surface area (Å²) in [5, 5.41) is 0. The molecule has 0 radical (unpaired) electrons. The van der Waals surface area contributed by atoms with E-state index in [2.05, 4.69) is 0 Å². The van der Waals surface area contributed by atoms with Crippen molar-refractivity contribution in [2.45, 2.75) is 0 Å². The van der Waals surface area contributed by atoms with E-state index < -0.39 is 10.4 Å². The van der Waals surface area contributed by atoms with Crippen LogP contribution in [0.2, 0.25) is 0 Å². The van der Waals surface area contributed by atoms with Crippen molar-refractivity contribution in [1.82, 2.24) is 0 Å². The minimum absolute atomic E-state index is 0. The van der Waals surface area contributed by atoms with Crippen molar-refractivity contribution in [1.29, 1.82) is 0 Å². The van der Waals surface area contributed by atoms with Gasteiger partial charge in [0.2, 0.25) is 0 Å². The van der Waals surface area contributed by atoms with Gasteiger partial charge in [0.25, 0.3) is 0 Å². The van der Waals surface area contributed by atoms with Gasteiger partial charge < -0.3 is 11.5 Å². The molecule has 6 N–H and O–H groups in total. The molecule has 0 rings (SSSR count). The minimum Gasteiger partial charge on any atom is -0.329 e. The molecule has 0 atom stereocenters. The maximum atomic E-state index is 8.74. The molecule has 0 unspecified atom stereocenters. The molecule has 0 amide bonds. The normalized spacial score (nSPS) is 8.80. The van der Waals surface area contributed by atoms with Gasteiger partial charge in [-0.2, -0.15) is 8.42 Å². The summed E-state index contributed by atoms with van der Waals surface area (Å²) >= 11 is 0. The van der Waals surface area contributed by atoms with Crippen LogP contribution in [0.4, 0.5) is 0 Å². The summed E-state index contributed by atoms with van der Waals surface area (Å²) in [4.78, 5) is 0. The maximum absolute atomic E-state index is 8.74. The Hall–Kier alpha value is 0.478. The molecule has 0 fully saturated rings. The van der Waals surface area contributed by atoms with E-state index in [1.54, 1.807) is 0 Å². The Morgan fingerprint density at radius 1 is 1.10 bits per heavy atom. The Morgan fingerprint density at radius 3 is 1.20 bits per heavy atom. The third-order valence-electron chi connectivity index (χ3n) is 0.167. The topological polar surface area (TPSA) is 127 Å². The molecule has 0 aromatic heterocycles. The quantitative estimate of drug-likeness (QED) is 0.414. The predicted octanol–water partition coefficient (Wildman–Crippen LogP) is -1.75. The summed E-state index contributed by atoms with van der Waals surface area (Å²) in [5.41, 5.74) is 9.81. The molecular weight excluding hydrogens is 343 g/mol. The molecule has 68 valence electrons. The fraction of sp³-hybridized carbons (Fsp3) is 1.00. The van der Waals surface area contributed by atoms with E-state index in [-0.39, 0.29) is 21.1 Å². The van der Waals surface area contributed by atoms with Gasteiger partial charge in [-0.15, -0.1) is 0 Å². The summed E-state index contributed by atoms with van der Waals surface area (Å²) in [7, 11) is -4.67. The first-order valence-corrected chi connectivity index (χ1v) is 3.41. The molecule has 0 spiro atoms. The van der Waals surface area contributed by atoms with Crippen molar-refractivity contribution in [2.24, 2.45) is 11.5 Å². The Labute approximate surface area is 73.8 Å². The van der Waals surface area contributed by atoms with Gasteiger partial charge in [0, 0.05) is 34.2 Å². The zero-order chi connectivity index (χ0) is 7.91. The van der Waals surface area contributed by atoms with E-state index in [1.807, 2.05) is 0 Å². The zero-order valence-corrected chi connectivity index (χ0v) is 8.09. The van der Waals surface area contributed by atoms with Crippen LogP contribution < -0.4 is 11.5 Å². The van der Waals surface area contributed by atoms with Crippen LogP contribution >= 0.6 is 0 Å². The van der Waals surface area contributed by atoms with Gasteiger partial charge in [-0.1, -0.05) is 0 Å². The summed E-state index contributed by atoms with van der Waals surface area (Å²) in [5.74, 6) is 0. The molecule has 8 heteroatoms. The fourth-order valence-corrected chi connectivity index (χ4v) is 0. The summed E-state index contributed by atoms with van der Waals surface area (Å²) in [6, 6.07) is 0. The second kappa shape index (κ2) is 9.48. The standard InChI is InChI=1S/C2H8N2.H2O4S.Pt/c3-1-2-4;1-5(2,3)4;/h1-4H2;(H2,1,2,3,4);. The molecule has 0 aliphatic heterocycles. The van der Waals surface area contributed by atoms with Gasteiger partial charge in [0.1, 0.15) is 0 Å². The zero-order valence-electron chi connectivity index (χ0n) is 5.00. The van der Waals surface area contributed by atoms with Crippen LogP contribution in [-0.4, -0.2) is 30.6 Å². The predicted molar refractivity (Wildman–Crippen MR) is 32.3 cm³/mol. The number of rotatable bonds is 1. The average Bonchev–Trinajstić information content (AvgIpc) is 1.61. The van der Waals surface area contributed by atoms with E-state index in [1.165, 1.54) is 0 Å². The van der Waals surface area contributed by atoms with Gasteiger partial charge in [-0.05, 0) is 0 Å². The first-order chi connectivity index (χ1) is 3.91. The molecule has 0 bridgehead atoms. The number of hydrogen-bond donors (Lipinski definition) is 4. The van der Waals surface area contributed by atoms with Crippen molar-refractivity contribution >= 4 is 10.4 Å². The molecule has 0 aromatic carbocycles. The molecule has 0 aliphatic carbocycles. The van der Waals surface area contributed by atoms with Gasteiger partial charge in [-0.25, -0.2) is 0 Å². The smallest absolute Gasteiger partial charge is 0.329 e. The van der Waals surface area contributed by atoms with Gasteiger partial charge in [-0.3, -0.25) is 9.11 Å². The van der Waals surface area contributed by atoms with Crippen molar-refractivity contribution in [3.8, 4) is 0 Å². The second-order valence-corrected chi connectivity index (χ2v) is 1.92. The maximum Gasteiger partial charge on any atom is 0.394 e. The van der Waals surface area contributed by atoms with Crippen LogP contribution in [0.1, 0.15) is 0 Å². The minimum atomic E-state index is -4.67. The Balaban J connectivity index is -0.0000000910. The summed E-state index contributed by atoms with van der Waals surface area (Å²) in [6.45, 7) is 1.19. The number of nitrogens with two attached hydrogens (primary N) is 2. The van der Waals surface area contributed by atoms with Crippen LogP contribution in [0.5, 0.6) is 0 Å². The third-order valence-corrected chi connectivity index (χ3v) is 0.167. The van der Waals surface area contributed by atoms with E-state index in [0.717, 1.165) is 0 Å². The van der Waals surface area contributed by atoms with E-state index in [4.69, 9.17) is 29.0 Å². The molecule has 0 heterocycles. The second-order valence-electron chi connectivity index (χ2n) is 1.03. The SMILES string of the molecule is NCCN.O=S(=O)(O)O.[Pt]. The average molecular weight is 353 g/mol. The van der Waals surface area contributed by atoms with Crippen LogP contribution in [0.15, 0.2) is 0 Å². The van der Waals surface area contributed by atoms with E-state index in [9.17, 15) is 0 Å². The first-order valence-electron chi connectivity index (χ1n) is 2.01. The van der Waals surface area contributed by atoms with Crippen LogP contribution in [0.3, 0.4) is 0 Å². The van der Waals surface area contributed by atoms with E-state index in [0.29, 0.717) is 13.1 Å². The Kier molecular flexibility index (Phi) is 16.0. The molecule has 0 aromatic rings. The van der Waals surface area contributed by atoms with Crippen molar-refractivity contribution < 1.29 is 38.6 Å². The molecule has 6 nitrogen and oxygen atoms in total. The van der Waals surface area contributed by atoms with Crippen LogP contribution in [0.25, 0.3) is 0 Å². The molecule has 0 saturated heterocycles. The van der Waals surface area contributed by atoms with Crippen molar-refractivity contribution in [2.75, 3.05) is 13.1 Å². The summed E-state index contributed by atoms with van der Waals surface area (Å²) in [6.07, 6.45) is 0. The van der Waals surface area contributed by atoms with Crippen molar-refractivity contribution in [3.63, 3.8) is 0 Å².